The number of aliphatic hydroxyl groups is 1. The van der Waals surface area contributed by atoms with Crippen LogP contribution in [0.15, 0.2) is 0 Å². The second-order valence-corrected chi connectivity index (χ2v) is 7.60. The lowest BCUT2D eigenvalue weighted by molar-refractivity contribution is -0.121. The average Bonchev–Trinajstić information content (AvgIpc) is 3.02. The van der Waals surface area contributed by atoms with Crippen molar-refractivity contribution in [2.24, 2.45) is 7.05 Å². The molecule has 1 amide bonds. The summed E-state index contributed by atoms with van der Waals surface area (Å²) in [5.41, 5.74) is 0. The Bertz CT molecular complexity index is 597. The average molecular weight is 364 g/mol. The maximum atomic E-state index is 11.5. The first-order valence-corrected chi connectivity index (χ1v) is 9.78. The van der Waals surface area contributed by atoms with Crippen LogP contribution in [0, 0.1) is 0 Å². The summed E-state index contributed by atoms with van der Waals surface area (Å²) in [6, 6.07) is 0. The quantitative estimate of drug-likeness (QED) is 0.744. The third kappa shape index (κ3) is 4.81. The lowest BCUT2D eigenvalue weighted by atomic mass is 9.97. The van der Waals surface area contributed by atoms with Gasteiger partial charge in [-0.05, 0) is 32.2 Å². The summed E-state index contributed by atoms with van der Waals surface area (Å²) in [6.45, 7) is 5.42. The van der Waals surface area contributed by atoms with Gasteiger partial charge in [-0.3, -0.25) is 9.69 Å². The highest BCUT2D eigenvalue weighted by Crippen LogP contribution is 2.26. The molecule has 2 fully saturated rings. The number of hydrogen-bond donors (Lipinski definition) is 2. The molecule has 8 heteroatoms. The monoisotopic (exact) mass is 364 g/mol. The van der Waals surface area contributed by atoms with Crippen LogP contribution in [-0.4, -0.2) is 81.5 Å². The molecule has 0 spiro atoms. The number of nitrogens with zero attached hydrogens (tertiary/aromatic N) is 5. The molecule has 2 aliphatic heterocycles. The van der Waals surface area contributed by atoms with E-state index < -0.39 is 0 Å². The summed E-state index contributed by atoms with van der Waals surface area (Å²) in [5.74, 6) is 2.53. The van der Waals surface area contributed by atoms with E-state index in [-0.39, 0.29) is 12.0 Å². The first-order chi connectivity index (χ1) is 12.6. The molecule has 1 atom stereocenters. The molecule has 3 rings (SSSR count). The van der Waals surface area contributed by atoms with E-state index in [9.17, 15) is 9.90 Å². The Morgan fingerprint density at radius 2 is 1.96 bits per heavy atom. The zero-order valence-corrected chi connectivity index (χ0v) is 16.0. The second kappa shape index (κ2) is 8.92. The molecule has 0 aromatic carbocycles. The molecular formula is C18H32N6O2. The number of carbonyl (C=O) groups is 1. The number of hydrogen-bond acceptors (Lipinski definition) is 6. The van der Waals surface area contributed by atoms with Crippen molar-refractivity contribution in [2.75, 3.05) is 39.8 Å². The topological polar surface area (TPSA) is 86.5 Å². The molecule has 1 unspecified atom stereocenters. The highest BCUT2D eigenvalue weighted by atomic mass is 16.3. The Balaban J connectivity index is 1.57. The predicted molar refractivity (Wildman–Crippen MR) is 98.6 cm³/mol. The Morgan fingerprint density at radius 3 is 2.69 bits per heavy atom. The molecule has 1 aromatic heterocycles. The first-order valence-electron chi connectivity index (χ1n) is 9.78. The minimum absolute atomic E-state index is 0.0970. The van der Waals surface area contributed by atoms with Crippen LogP contribution >= 0.6 is 0 Å². The number of rotatable bonds is 6. The second-order valence-electron chi connectivity index (χ2n) is 7.60. The molecule has 0 saturated carbocycles. The van der Waals surface area contributed by atoms with Crippen LogP contribution in [0.2, 0.25) is 0 Å². The third-order valence-corrected chi connectivity index (χ3v) is 5.73. The van der Waals surface area contributed by atoms with Gasteiger partial charge >= 0.3 is 0 Å². The minimum atomic E-state index is -0.149. The van der Waals surface area contributed by atoms with E-state index in [1.165, 1.54) is 0 Å². The molecule has 0 bridgehead atoms. The van der Waals surface area contributed by atoms with Crippen molar-refractivity contribution in [3.8, 4) is 0 Å². The molecule has 0 aliphatic carbocycles. The highest BCUT2D eigenvalue weighted by molar-refractivity contribution is 5.75. The van der Waals surface area contributed by atoms with Crippen LogP contribution in [-0.2, 0) is 18.4 Å². The SMILES string of the molecule is CNC(=O)CCN1CCCC(c2nnc(CN3CCC(O)CC3)n2C)C1. The van der Waals surface area contributed by atoms with Crippen LogP contribution in [0.3, 0.4) is 0 Å². The standard InChI is InChI=1S/C18H32N6O2/c1-19-17(26)7-11-23-8-3-4-14(12-23)18-21-20-16(22(18)2)13-24-9-5-15(25)6-10-24/h14-15,25H,3-13H2,1-2H3,(H,19,26). The summed E-state index contributed by atoms with van der Waals surface area (Å²) in [4.78, 5) is 16.2. The van der Waals surface area contributed by atoms with Gasteiger partial charge < -0.3 is 19.9 Å². The van der Waals surface area contributed by atoms with Crippen molar-refractivity contribution in [1.82, 2.24) is 29.9 Å². The van der Waals surface area contributed by atoms with E-state index >= 15 is 0 Å². The van der Waals surface area contributed by atoms with Crippen molar-refractivity contribution < 1.29 is 9.90 Å². The van der Waals surface area contributed by atoms with Crippen LogP contribution in [0.4, 0.5) is 0 Å². The normalized spacial score (nSPS) is 23.3. The van der Waals surface area contributed by atoms with Gasteiger partial charge in [0, 0.05) is 52.6 Å². The van der Waals surface area contributed by atoms with Gasteiger partial charge in [0.15, 0.2) is 0 Å². The molecule has 3 heterocycles. The van der Waals surface area contributed by atoms with Crippen molar-refractivity contribution in [3.63, 3.8) is 0 Å². The summed E-state index contributed by atoms with van der Waals surface area (Å²) >= 11 is 0. The Hall–Kier alpha value is -1.51. The van der Waals surface area contributed by atoms with Gasteiger partial charge in [-0.2, -0.15) is 0 Å². The molecule has 26 heavy (non-hydrogen) atoms. The number of aliphatic hydroxyl groups excluding tert-OH is 1. The molecule has 2 saturated heterocycles. The van der Waals surface area contributed by atoms with Crippen LogP contribution in [0.1, 0.15) is 49.7 Å². The smallest absolute Gasteiger partial charge is 0.221 e. The molecule has 0 radical (unpaired) electrons. The molecule has 8 nitrogen and oxygen atoms in total. The molecular weight excluding hydrogens is 332 g/mol. The van der Waals surface area contributed by atoms with Gasteiger partial charge in [0.1, 0.15) is 11.6 Å². The zero-order chi connectivity index (χ0) is 18.5. The van der Waals surface area contributed by atoms with Gasteiger partial charge in [0.2, 0.25) is 5.91 Å². The van der Waals surface area contributed by atoms with E-state index in [1.54, 1.807) is 7.05 Å². The zero-order valence-electron chi connectivity index (χ0n) is 16.0. The van der Waals surface area contributed by atoms with E-state index in [4.69, 9.17) is 0 Å². The lowest BCUT2D eigenvalue weighted by Crippen LogP contribution is -2.38. The third-order valence-electron chi connectivity index (χ3n) is 5.73. The number of nitrogens with one attached hydrogen (secondary N) is 1. The van der Waals surface area contributed by atoms with Gasteiger partial charge in [-0.15, -0.1) is 10.2 Å². The van der Waals surface area contributed by atoms with E-state index in [0.717, 1.165) is 76.6 Å². The Morgan fingerprint density at radius 1 is 1.19 bits per heavy atom. The molecule has 2 aliphatic rings. The highest BCUT2D eigenvalue weighted by Gasteiger charge is 2.27. The van der Waals surface area contributed by atoms with Crippen molar-refractivity contribution >= 4 is 5.91 Å². The van der Waals surface area contributed by atoms with E-state index in [0.29, 0.717) is 12.3 Å². The summed E-state index contributed by atoms with van der Waals surface area (Å²) in [7, 11) is 3.75. The Kier molecular flexibility index (Phi) is 6.61. The van der Waals surface area contributed by atoms with Gasteiger partial charge in [0.05, 0.1) is 12.6 Å². The van der Waals surface area contributed by atoms with Crippen LogP contribution in [0.5, 0.6) is 0 Å². The fourth-order valence-corrected chi connectivity index (χ4v) is 4.00. The number of piperidine rings is 2. The first kappa shape index (κ1) is 19.3. The Labute approximate surface area is 155 Å². The summed E-state index contributed by atoms with van der Waals surface area (Å²) < 4.78 is 2.15. The van der Waals surface area contributed by atoms with Crippen molar-refractivity contribution in [1.29, 1.82) is 0 Å². The van der Waals surface area contributed by atoms with Crippen LogP contribution in [0.25, 0.3) is 0 Å². The molecule has 2 N–H and O–H groups in total. The fraction of sp³-hybridized carbons (Fsp3) is 0.833. The maximum absolute atomic E-state index is 11.5. The minimum Gasteiger partial charge on any atom is -0.393 e. The van der Waals surface area contributed by atoms with Crippen molar-refractivity contribution in [3.05, 3.63) is 11.6 Å². The van der Waals surface area contributed by atoms with Crippen molar-refractivity contribution in [2.45, 2.75) is 50.7 Å². The summed E-state index contributed by atoms with van der Waals surface area (Å²) in [6.07, 6.45) is 4.34. The number of likely N-dealkylation sites (tertiary alicyclic amines) is 2. The number of carbonyl (C=O) groups excluding carboxylic acids is 1. The van der Waals surface area contributed by atoms with Gasteiger partial charge in [-0.25, -0.2) is 0 Å². The van der Waals surface area contributed by atoms with E-state index in [1.807, 2.05) is 0 Å². The largest absolute Gasteiger partial charge is 0.393 e. The summed E-state index contributed by atoms with van der Waals surface area (Å²) in [5, 5.41) is 21.3. The molecule has 1 aromatic rings. The maximum Gasteiger partial charge on any atom is 0.221 e. The molecule has 146 valence electrons. The fourth-order valence-electron chi connectivity index (χ4n) is 4.00. The number of aromatic nitrogens is 3. The van der Waals surface area contributed by atoms with Crippen LogP contribution < -0.4 is 5.32 Å². The van der Waals surface area contributed by atoms with Gasteiger partial charge in [0.25, 0.3) is 0 Å². The lowest BCUT2D eigenvalue weighted by Gasteiger charge is -2.32. The predicted octanol–water partition coefficient (Wildman–Crippen LogP) is 0.0873. The van der Waals surface area contributed by atoms with E-state index in [2.05, 4.69) is 36.9 Å². The number of amides is 1. The van der Waals surface area contributed by atoms with Gasteiger partial charge in [-0.1, -0.05) is 0 Å².